The highest BCUT2D eigenvalue weighted by molar-refractivity contribution is 5.61. The second-order valence-corrected chi connectivity index (χ2v) is 5.20. The minimum Gasteiger partial charge on any atom is -0.384 e. The van der Waals surface area contributed by atoms with Gasteiger partial charge in [0.1, 0.15) is 11.6 Å². The standard InChI is InChI=1S/C16H21N3O/c1-2-19-15(17)14(12-8-10-20-11-9-12)18-16(19)13-6-4-3-5-7-13/h3-7,12H,2,8-11,17H2,1H3. The van der Waals surface area contributed by atoms with Crippen LogP contribution in [0.15, 0.2) is 30.3 Å². The van der Waals surface area contributed by atoms with Crippen LogP contribution in [0.5, 0.6) is 0 Å². The molecule has 1 fully saturated rings. The Labute approximate surface area is 119 Å². The molecule has 0 spiro atoms. The molecule has 2 aromatic rings. The Bertz CT molecular complexity index is 571. The Morgan fingerprint density at radius 3 is 2.60 bits per heavy atom. The lowest BCUT2D eigenvalue weighted by atomic mass is 9.96. The highest BCUT2D eigenvalue weighted by atomic mass is 16.5. The molecule has 4 heteroatoms. The van der Waals surface area contributed by atoms with Crippen LogP contribution in [0.25, 0.3) is 11.4 Å². The quantitative estimate of drug-likeness (QED) is 0.933. The Balaban J connectivity index is 2.03. The van der Waals surface area contributed by atoms with Crippen LogP contribution in [0.4, 0.5) is 5.82 Å². The monoisotopic (exact) mass is 271 g/mol. The molecule has 1 aliphatic heterocycles. The van der Waals surface area contributed by atoms with Gasteiger partial charge in [0.15, 0.2) is 0 Å². The zero-order valence-electron chi connectivity index (χ0n) is 11.9. The third-order valence-corrected chi connectivity index (χ3v) is 3.99. The molecule has 3 rings (SSSR count). The van der Waals surface area contributed by atoms with Gasteiger partial charge in [-0.05, 0) is 19.8 Å². The van der Waals surface area contributed by atoms with E-state index in [1.54, 1.807) is 0 Å². The number of hydrogen-bond acceptors (Lipinski definition) is 3. The average molecular weight is 271 g/mol. The van der Waals surface area contributed by atoms with Crippen molar-refractivity contribution in [2.75, 3.05) is 18.9 Å². The number of nitrogens with zero attached hydrogens (tertiary/aromatic N) is 2. The summed E-state index contributed by atoms with van der Waals surface area (Å²) in [6, 6.07) is 10.3. The Morgan fingerprint density at radius 2 is 1.95 bits per heavy atom. The number of hydrogen-bond donors (Lipinski definition) is 1. The molecule has 0 atom stereocenters. The van der Waals surface area contributed by atoms with Gasteiger partial charge >= 0.3 is 0 Å². The maximum Gasteiger partial charge on any atom is 0.141 e. The Kier molecular flexibility index (Phi) is 3.74. The van der Waals surface area contributed by atoms with Crippen molar-refractivity contribution in [2.45, 2.75) is 32.2 Å². The highest BCUT2D eigenvalue weighted by Gasteiger charge is 2.24. The summed E-state index contributed by atoms with van der Waals surface area (Å²) in [5, 5.41) is 0. The minimum absolute atomic E-state index is 0.430. The largest absolute Gasteiger partial charge is 0.384 e. The van der Waals surface area contributed by atoms with E-state index in [0.717, 1.165) is 55.5 Å². The summed E-state index contributed by atoms with van der Waals surface area (Å²) < 4.78 is 7.54. The van der Waals surface area contributed by atoms with E-state index in [1.807, 2.05) is 18.2 Å². The van der Waals surface area contributed by atoms with Crippen molar-refractivity contribution in [3.05, 3.63) is 36.0 Å². The summed E-state index contributed by atoms with van der Waals surface area (Å²) in [6.45, 7) is 4.57. The number of rotatable bonds is 3. The fourth-order valence-electron chi connectivity index (χ4n) is 2.88. The molecule has 20 heavy (non-hydrogen) atoms. The maximum atomic E-state index is 6.34. The number of nitrogens with two attached hydrogens (primary N) is 1. The summed E-state index contributed by atoms with van der Waals surface area (Å²) in [5.74, 6) is 2.23. The molecule has 1 aromatic heterocycles. The molecule has 2 N–H and O–H groups in total. The molecule has 4 nitrogen and oxygen atoms in total. The third-order valence-electron chi connectivity index (χ3n) is 3.99. The predicted molar refractivity (Wildman–Crippen MR) is 80.5 cm³/mol. The van der Waals surface area contributed by atoms with E-state index in [1.165, 1.54) is 0 Å². The van der Waals surface area contributed by atoms with Gasteiger partial charge in [0, 0.05) is 31.2 Å². The molecule has 106 valence electrons. The van der Waals surface area contributed by atoms with Crippen LogP contribution in [0, 0.1) is 0 Å². The lowest BCUT2D eigenvalue weighted by Gasteiger charge is -2.20. The van der Waals surface area contributed by atoms with Gasteiger partial charge in [-0.3, -0.25) is 0 Å². The van der Waals surface area contributed by atoms with Crippen LogP contribution in [-0.4, -0.2) is 22.8 Å². The molecule has 2 heterocycles. The van der Waals surface area contributed by atoms with Gasteiger partial charge in [0.2, 0.25) is 0 Å². The fraction of sp³-hybridized carbons (Fsp3) is 0.438. The van der Waals surface area contributed by atoms with Crippen LogP contribution in [-0.2, 0) is 11.3 Å². The van der Waals surface area contributed by atoms with Gasteiger partial charge in [0.25, 0.3) is 0 Å². The Morgan fingerprint density at radius 1 is 1.25 bits per heavy atom. The van der Waals surface area contributed by atoms with Crippen molar-refractivity contribution in [1.29, 1.82) is 0 Å². The first-order chi connectivity index (χ1) is 9.81. The topological polar surface area (TPSA) is 53.1 Å². The molecule has 0 amide bonds. The molecule has 0 unspecified atom stereocenters. The van der Waals surface area contributed by atoms with Crippen LogP contribution in [0.1, 0.15) is 31.4 Å². The van der Waals surface area contributed by atoms with E-state index in [2.05, 4.69) is 23.6 Å². The second kappa shape index (κ2) is 5.67. The van der Waals surface area contributed by atoms with Crippen molar-refractivity contribution < 1.29 is 4.74 Å². The normalized spacial score (nSPS) is 16.4. The van der Waals surface area contributed by atoms with Crippen LogP contribution >= 0.6 is 0 Å². The van der Waals surface area contributed by atoms with Gasteiger partial charge in [-0.2, -0.15) is 0 Å². The first-order valence-corrected chi connectivity index (χ1v) is 7.30. The molecular formula is C16H21N3O. The number of imidazole rings is 1. The molecule has 0 bridgehead atoms. The smallest absolute Gasteiger partial charge is 0.141 e. The third kappa shape index (κ3) is 2.31. The Hall–Kier alpha value is -1.81. The van der Waals surface area contributed by atoms with E-state index in [9.17, 15) is 0 Å². The molecular weight excluding hydrogens is 250 g/mol. The van der Waals surface area contributed by atoms with Crippen molar-refractivity contribution >= 4 is 5.82 Å². The number of anilines is 1. The van der Waals surface area contributed by atoms with E-state index in [-0.39, 0.29) is 0 Å². The van der Waals surface area contributed by atoms with Crippen molar-refractivity contribution in [2.24, 2.45) is 0 Å². The van der Waals surface area contributed by atoms with Crippen LogP contribution in [0.2, 0.25) is 0 Å². The molecule has 1 aromatic carbocycles. The van der Waals surface area contributed by atoms with E-state index in [4.69, 9.17) is 15.5 Å². The van der Waals surface area contributed by atoms with Crippen molar-refractivity contribution in [3.63, 3.8) is 0 Å². The SMILES string of the molecule is CCn1c(-c2ccccc2)nc(C2CCOCC2)c1N. The molecule has 1 saturated heterocycles. The maximum absolute atomic E-state index is 6.34. The van der Waals surface area contributed by atoms with Crippen LogP contribution < -0.4 is 5.73 Å². The van der Waals surface area contributed by atoms with E-state index in [0.29, 0.717) is 5.92 Å². The summed E-state index contributed by atoms with van der Waals surface area (Å²) in [7, 11) is 0. The van der Waals surface area contributed by atoms with Gasteiger partial charge in [-0.15, -0.1) is 0 Å². The molecule has 0 radical (unpaired) electrons. The highest BCUT2D eigenvalue weighted by Crippen LogP contribution is 2.33. The van der Waals surface area contributed by atoms with Gasteiger partial charge < -0.3 is 15.0 Å². The van der Waals surface area contributed by atoms with Crippen molar-refractivity contribution in [3.8, 4) is 11.4 Å². The number of ether oxygens (including phenoxy) is 1. The second-order valence-electron chi connectivity index (χ2n) is 5.20. The van der Waals surface area contributed by atoms with Gasteiger partial charge in [0.05, 0.1) is 5.69 Å². The summed E-state index contributed by atoms with van der Waals surface area (Å²) in [5.41, 5.74) is 8.52. The predicted octanol–water partition coefficient (Wildman–Crippen LogP) is 3.05. The van der Waals surface area contributed by atoms with Crippen molar-refractivity contribution in [1.82, 2.24) is 9.55 Å². The lowest BCUT2D eigenvalue weighted by molar-refractivity contribution is 0.0847. The first kappa shape index (κ1) is 13.2. The summed E-state index contributed by atoms with van der Waals surface area (Å²) >= 11 is 0. The lowest BCUT2D eigenvalue weighted by Crippen LogP contribution is -2.15. The number of benzene rings is 1. The molecule has 0 aliphatic carbocycles. The number of nitrogen functional groups attached to an aromatic ring is 1. The average Bonchev–Trinajstić information content (AvgIpc) is 2.86. The first-order valence-electron chi connectivity index (χ1n) is 7.30. The van der Waals surface area contributed by atoms with Gasteiger partial charge in [-0.25, -0.2) is 4.98 Å². The van der Waals surface area contributed by atoms with E-state index < -0.39 is 0 Å². The number of aromatic nitrogens is 2. The summed E-state index contributed by atoms with van der Waals surface area (Å²) in [6.07, 6.45) is 2.03. The molecule has 0 saturated carbocycles. The zero-order chi connectivity index (χ0) is 13.9. The van der Waals surface area contributed by atoms with E-state index >= 15 is 0 Å². The van der Waals surface area contributed by atoms with Gasteiger partial charge in [-0.1, -0.05) is 30.3 Å². The zero-order valence-corrected chi connectivity index (χ0v) is 11.9. The summed E-state index contributed by atoms with van der Waals surface area (Å²) in [4.78, 5) is 4.86. The van der Waals surface area contributed by atoms with Crippen LogP contribution in [0.3, 0.4) is 0 Å². The minimum atomic E-state index is 0.430. The fourth-order valence-corrected chi connectivity index (χ4v) is 2.88. The molecule has 1 aliphatic rings.